The van der Waals surface area contributed by atoms with Crippen molar-refractivity contribution in [2.24, 2.45) is 4.99 Å². The Balaban J connectivity index is 1.42. The minimum Gasteiger partial charge on any atom is -0.382 e. The Morgan fingerprint density at radius 2 is 2.06 bits per heavy atom. The maximum Gasteiger partial charge on any atom is 0.433 e. The van der Waals surface area contributed by atoms with Gasteiger partial charge in [0.1, 0.15) is 5.69 Å². The second kappa shape index (κ2) is 8.45. The van der Waals surface area contributed by atoms with Crippen LogP contribution in [0.1, 0.15) is 44.7 Å². The predicted octanol–water partition coefficient (Wildman–Crippen LogP) is 6.71. The van der Waals surface area contributed by atoms with E-state index in [1.807, 2.05) is 18.0 Å². The number of aliphatic imine (C=N–C) groups is 1. The highest BCUT2D eigenvalue weighted by atomic mass is 35.5. The van der Waals surface area contributed by atoms with Crippen molar-refractivity contribution >= 4 is 46.2 Å². The molecule has 0 amide bonds. The lowest BCUT2D eigenvalue weighted by Crippen LogP contribution is -2.43. The highest BCUT2D eigenvalue weighted by molar-refractivity contribution is 8.04. The summed E-state index contributed by atoms with van der Waals surface area (Å²) < 4.78 is 40.4. The molecule has 3 heterocycles. The number of dihydropyridines is 1. The Bertz CT molecular complexity index is 1100. The Kier molecular flexibility index (Phi) is 5.78. The van der Waals surface area contributed by atoms with E-state index in [0.29, 0.717) is 33.0 Å². The van der Waals surface area contributed by atoms with Crippen LogP contribution in [-0.2, 0) is 6.18 Å². The zero-order chi connectivity index (χ0) is 22.5. The summed E-state index contributed by atoms with van der Waals surface area (Å²) in [5.74, 6) is 0. The summed E-state index contributed by atoms with van der Waals surface area (Å²) in [5.41, 5.74) is 1.23. The van der Waals surface area contributed by atoms with E-state index in [-0.39, 0.29) is 6.04 Å². The fourth-order valence-corrected chi connectivity index (χ4v) is 6.51. The summed E-state index contributed by atoms with van der Waals surface area (Å²) in [4.78, 5) is 12.0. The van der Waals surface area contributed by atoms with Crippen molar-refractivity contribution in [1.29, 1.82) is 0 Å². The molecule has 1 aromatic heterocycles. The number of benzene rings is 1. The van der Waals surface area contributed by atoms with Crippen LogP contribution in [0, 0.1) is 0 Å². The molecule has 0 saturated heterocycles. The normalized spacial score (nSPS) is 26.0. The molecule has 1 aromatic carbocycles. The quantitative estimate of drug-likeness (QED) is 0.530. The van der Waals surface area contributed by atoms with Gasteiger partial charge >= 0.3 is 6.18 Å². The smallest absolute Gasteiger partial charge is 0.382 e. The van der Waals surface area contributed by atoms with Gasteiger partial charge in [-0.25, -0.2) is 4.98 Å². The number of alkyl halides is 3. The molecular formula is C23H24ClF3N4S. The summed E-state index contributed by atoms with van der Waals surface area (Å²) >= 11 is 8.00. The highest BCUT2D eigenvalue weighted by Gasteiger charge is 2.38. The number of rotatable bonds is 3. The number of fused-ring (bicyclic) bond motifs is 1. The minimum atomic E-state index is -4.51. The minimum absolute atomic E-state index is 0.0820. The molecule has 0 spiro atoms. The molecule has 0 radical (unpaired) electrons. The van der Waals surface area contributed by atoms with E-state index >= 15 is 0 Å². The van der Waals surface area contributed by atoms with Crippen molar-refractivity contribution in [1.82, 2.24) is 9.88 Å². The Morgan fingerprint density at radius 1 is 1.22 bits per heavy atom. The van der Waals surface area contributed by atoms with Crippen LogP contribution >= 0.6 is 23.4 Å². The fraction of sp³-hybridized carbons (Fsp3) is 0.478. The number of halogens is 4. The van der Waals surface area contributed by atoms with Crippen LogP contribution in [0.4, 0.5) is 18.9 Å². The van der Waals surface area contributed by atoms with Crippen LogP contribution < -0.4 is 5.32 Å². The van der Waals surface area contributed by atoms with Crippen molar-refractivity contribution in [3.63, 3.8) is 0 Å². The van der Waals surface area contributed by atoms with Gasteiger partial charge in [0.15, 0.2) is 0 Å². The summed E-state index contributed by atoms with van der Waals surface area (Å²) in [7, 11) is 0. The van der Waals surface area contributed by atoms with Crippen LogP contribution in [0.25, 0.3) is 10.9 Å². The molecule has 3 aliphatic rings. The van der Waals surface area contributed by atoms with Crippen LogP contribution in [0.5, 0.6) is 0 Å². The lowest BCUT2D eigenvalue weighted by Gasteiger charge is -2.41. The molecule has 170 valence electrons. The highest BCUT2D eigenvalue weighted by Crippen LogP contribution is 2.44. The molecule has 1 N–H and O–H groups in total. The standard InChI is InChI=1S/C23H24ClF3N4S/c1-13-31(20-7-8-28-12-21(20)32-13)16-4-2-3-15(10-16)29-19-11-22(23(25,26)27)30-18-6-5-14(24)9-17(18)19/h5-6,9,11-13,15-16H,2-4,7-8,10H2,1H3,(H,29,30)/t13?,15-,16+/m0/s1. The van der Waals surface area contributed by atoms with E-state index in [1.165, 1.54) is 10.6 Å². The van der Waals surface area contributed by atoms with E-state index in [4.69, 9.17) is 11.6 Å². The van der Waals surface area contributed by atoms with Gasteiger partial charge in [-0.1, -0.05) is 23.4 Å². The van der Waals surface area contributed by atoms with Crippen LogP contribution in [0.3, 0.4) is 0 Å². The number of thioether (sulfide) groups is 1. The van der Waals surface area contributed by atoms with E-state index in [9.17, 15) is 13.2 Å². The first-order chi connectivity index (χ1) is 15.3. The summed E-state index contributed by atoms with van der Waals surface area (Å²) in [6.45, 7) is 3.04. The van der Waals surface area contributed by atoms with E-state index in [0.717, 1.165) is 44.7 Å². The molecule has 1 saturated carbocycles. The Labute approximate surface area is 194 Å². The summed E-state index contributed by atoms with van der Waals surface area (Å²) in [6, 6.07) is 6.37. The molecule has 3 atom stereocenters. The predicted molar refractivity (Wildman–Crippen MR) is 125 cm³/mol. The zero-order valence-electron chi connectivity index (χ0n) is 17.6. The molecule has 1 aliphatic carbocycles. The third-order valence-electron chi connectivity index (χ3n) is 6.43. The van der Waals surface area contributed by atoms with Gasteiger partial charge in [-0.2, -0.15) is 13.2 Å². The van der Waals surface area contributed by atoms with Crippen LogP contribution in [0.2, 0.25) is 5.02 Å². The van der Waals surface area contributed by atoms with E-state index in [1.54, 1.807) is 18.2 Å². The lowest BCUT2D eigenvalue weighted by molar-refractivity contribution is -0.140. The molecule has 32 heavy (non-hydrogen) atoms. The maximum atomic E-state index is 13.5. The molecule has 1 unspecified atom stereocenters. The largest absolute Gasteiger partial charge is 0.433 e. The van der Waals surface area contributed by atoms with Gasteiger partial charge in [0.25, 0.3) is 0 Å². The lowest BCUT2D eigenvalue weighted by atomic mass is 9.89. The molecule has 2 aliphatic heterocycles. The molecular weight excluding hydrogens is 457 g/mol. The van der Waals surface area contributed by atoms with Gasteiger partial charge in [0, 0.05) is 58.0 Å². The summed E-state index contributed by atoms with van der Waals surface area (Å²) in [6.07, 6.45) is 2.36. The van der Waals surface area contributed by atoms with Gasteiger partial charge < -0.3 is 10.2 Å². The van der Waals surface area contributed by atoms with Gasteiger partial charge in [-0.05, 0) is 56.9 Å². The van der Waals surface area contributed by atoms with Crippen LogP contribution in [0.15, 0.2) is 39.9 Å². The molecule has 0 bridgehead atoms. The zero-order valence-corrected chi connectivity index (χ0v) is 19.2. The van der Waals surface area contributed by atoms with Crippen molar-refractivity contribution < 1.29 is 13.2 Å². The monoisotopic (exact) mass is 480 g/mol. The van der Waals surface area contributed by atoms with E-state index < -0.39 is 11.9 Å². The molecule has 2 aromatic rings. The first-order valence-electron chi connectivity index (χ1n) is 10.9. The topological polar surface area (TPSA) is 40.5 Å². The first kappa shape index (κ1) is 21.9. The third-order valence-corrected chi connectivity index (χ3v) is 7.83. The van der Waals surface area contributed by atoms with Crippen molar-refractivity contribution in [3.8, 4) is 0 Å². The number of hydrogen-bond donors (Lipinski definition) is 1. The number of allylic oxidation sites excluding steroid dienone is 1. The Morgan fingerprint density at radius 3 is 2.88 bits per heavy atom. The van der Waals surface area contributed by atoms with Crippen molar-refractivity contribution in [3.05, 3.63) is 45.6 Å². The second-order valence-electron chi connectivity index (χ2n) is 8.60. The summed E-state index contributed by atoms with van der Waals surface area (Å²) in [5, 5.41) is 4.88. The molecule has 9 heteroatoms. The second-order valence-corrected chi connectivity index (χ2v) is 10.4. The first-order valence-corrected chi connectivity index (χ1v) is 12.2. The number of anilines is 1. The SMILES string of the molecule is CC1SC2=C(CCN=C2)N1[C@@H]1CCC[C@H](Nc2cc(C(F)(F)F)nc3ccc(Cl)cc23)C1. The third kappa shape index (κ3) is 4.19. The number of hydrogen-bond acceptors (Lipinski definition) is 5. The molecule has 1 fully saturated rings. The van der Waals surface area contributed by atoms with E-state index in [2.05, 4.69) is 27.1 Å². The molecule has 4 nitrogen and oxygen atoms in total. The Hall–Kier alpha value is -1.93. The van der Waals surface area contributed by atoms with Crippen LogP contribution in [-0.4, -0.2) is 40.1 Å². The van der Waals surface area contributed by atoms with Crippen molar-refractivity contribution in [2.75, 3.05) is 11.9 Å². The molecule has 5 rings (SSSR count). The van der Waals surface area contributed by atoms with Gasteiger partial charge in [0.05, 0.1) is 10.9 Å². The van der Waals surface area contributed by atoms with Gasteiger partial charge in [-0.15, -0.1) is 0 Å². The maximum absolute atomic E-state index is 13.5. The van der Waals surface area contributed by atoms with Gasteiger partial charge in [-0.3, -0.25) is 4.99 Å². The number of pyridine rings is 1. The fourth-order valence-electron chi connectivity index (χ4n) is 5.08. The van der Waals surface area contributed by atoms with Gasteiger partial charge in [0.2, 0.25) is 0 Å². The number of nitrogens with one attached hydrogen (secondary N) is 1. The number of nitrogens with zero attached hydrogens (tertiary/aromatic N) is 3. The average molecular weight is 481 g/mol. The number of aromatic nitrogens is 1. The van der Waals surface area contributed by atoms with Crippen molar-refractivity contribution in [2.45, 2.75) is 62.7 Å². The average Bonchev–Trinajstić information content (AvgIpc) is 3.09.